The quantitative estimate of drug-likeness (QED) is 0.771. The van der Waals surface area contributed by atoms with Gasteiger partial charge in [-0.25, -0.2) is 4.79 Å². The number of likely N-dealkylation sites (N-methyl/N-ethyl adjacent to an activating group) is 1. The number of nitrogens with one attached hydrogen (secondary N) is 1. The molecule has 0 aliphatic rings. The van der Waals surface area contributed by atoms with E-state index in [9.17, 15) is 9.59 Å². The van der Waals surface area contributed by atoms with Crippen LogP contribution < -0.4 is 5.32 Å². The van der Waals surface area contributed by atoms with Gasteiger partial charge in [0.05, 0.1) is 7.11 Å². The summed E-state index contributed by atoms with van der Waals surface area (Å²) in [5.74, 6) is -0.657. The van der Waals surface area contributed by atoms with Gasteiger partial charge in [-0.1, -0.05) is 6.07 Å². The lowest BCUT2D eigenvalue weighted by atomic mass is 10.1. The van der Waals surface area contributed by atoms with Crippen LogP contribution in [0.2, 0.25) is 0 Å². The third-order valence-electron chi connectivity index (χ3n) is 3.16. The Labute approximate surface area is 123 Å². The van der Waals surface area contributed by atoms with Crippen molar-refractivity contribution in [1.29, 1.82) is 0 Å². The van der Waals surface area contributed by atoms with Crippen molar-refractivity contribution in [3.8, 4) is 0 Å². The molecule has 0 aliphatic heterocycles. The van der Waals surface area contributed by atoms with Crippen LogP contribution >= 0.6 is 11.3 Å². The van der Waals surface area contributed by atoms with E-state index in [1.807, 2.05) is 13.1 Å². The van der Waals surface area contributed by atoms with Gasteiger partial charge in [-0.15, -0.1) is 11.3 Å². The maximum atomic E-state index is 11.7. The van der Waals surface area contributed by atoms with Crippen LogP contribution in [0, 0.1) is 0 Å². The molecule has 0 saturated carbocycles. The van der Waals surface area contributed by atoms with E-state index in [1.165, 1.54) is 18.9 Å². The molecular weight excluding hydrogens is 276 g/mol. The van der Waals surface area contributed by atoms with Gasteiger partial charge in [0.15, 0.2) is 0 Å². The highest BCUT2D eigenvalue weighted by Crippen LogP contribution is 2.13. The van der Waals surface area contributed by atoms with Crippen LogP contribution in [0.3, 0.4) is 0 Å². The molecule has 1 amide bonds. The Bertz CT molecular complexity index is 434. The van der Waals surface area contributed by atoms with Gasteiger partial charge >= 0.3 is 5.97 Å². The van der Waals surface area contributed by atoms with Crippen LogP contribution in [0.25, 0.3) is 0 Å². The minimum atomic E-state index is -0.631. The number of hydrogen-bond acceptors (Lipinski definition) is 5. The van der Waals surface area contributed by atoms with E-state index in [4.69, 9.17) is 4.74 Å². The molecule has 1 N–H and O–H groups in total. The predicted octanol–water partition coefficient (Wildman–Crippen LogP) is 1.29. The highest BCUT2D eigenvalue weighted by atomic mass is 32.1. The molecule has 0 fully saturated rings. The van der Waals surface area contributed by atoms with Crippen molar-refractivity contribution in [2.24, 2.45) is 0 Å². The fourth-order valence-corrected chi connectivity index (χ4v) is 2.74. The molecule has 0 radical (unpaired) electrons. The number of thiophene rings is 1. The molecule has 5 nitrogen and oxygen atoms in total. The zero-order chi connectivity index (χ0) is 15.1. The summed E-state index contributed by atoms with van der Waals surface area (Å²) in [5, 5.41) is 4.67. The normalized spacial score (nSPS) is 13.8. The van der Waals surface area contributed by atoms with E-state index >= 15 is 0 Å². The minimum absolute atomic E-state index is 0.236. The van der Waals surface area contributed by atoms with E-state index in [0.29, 0.717) is 6.54 Å². The summed E-state index contributed by atoms with van der Waals surface area (Å²) in [6, 6.07) is 3.77. The fourth-order valence-electron chi connectivity index (χ4n) is 1.91. The lowest BCUT2D eigenvalue weighted by Gasteiger charge is -2.28. The summed E-state index contributed by atoms with van der Waals surface area (Å²) in [6.45, 7) is 3.92. The third kappa shape index (κ3) is 5.30. The number of carbonyl (C=O) groups excluding carboxylic acids is 2. The zero-order valence-corrected chi connectivity index (χ0v) is 13.2. The molecule has 6 heteroatoms. The standard InChI is InChI=1S/C14H22N2O3S/c1-10(8-12-6-5-7-20-12)16(3)9-13(14(18)19-4)15-11(2)17/h5-7,10,13H,8-9H2,1-4H3,(H,15,17). The van der Waals surface area contributed by atoms with Crippen molar-refractivity contribution in [3.63, 3.8) is 0 Å². The Morgan fingerprint density at radius 3 is 2.70 bits per heavy atom. The monoisotopic (exact) mass is 298 g/mol. The molecule has 2 unspecified atom stereocenters. The number of methoxy groups -OCH3 is 1. The maximum absolute atomic E-state index is 11.7. The van der Waals surface area contributed by atoms with Gasteiger partial charge < -0.3 is 15.0 Å². The first-order valence-corrected chi connectivity index (χ1v) is 7.39. The molecule has 1 heterocycles. The molecule has 1 aromatic rings. The summed E-state index contributed by atoms with van der Waals surface area (Å²) in [4.78, 5) is 26.2. The molecule has 1 rings (SSSR count). The van der Waals surface area contributed by atoms with Crippen LogP contribution in [0.4, 0.5) is 0 Å². The first kappa shape index (κ1) is 16.7. The average Bonchev–Trinajstić information content (AvgIpc) is 2.89. The Morgan fingerprint density at radius 1 is 1.50 bits per heavy atom. The molecule has 0 saturated heterocycles. The van der Waals surface area contributed by atoms with Crippen molar-refractivity contribution in [3.05, 3.63) is 22.4 Å². The summed E-state index contributed by atoms with van der Waals surface area (Å²) < 4.78 is 4.72. The number of nitrogens with zero attached hydrogens (tertiary/aromatic N) is 1. The smallest absolute Gasteiger partial charge is 0.329 e. The fraction of sp³-hybridized carbons (Fsp3) is 0.571. The molecule has 1 aromatic heterocycles. The predicted molar refractivity (Wildman–Crippen MR) is 79.7 cm³/mol. The van der Waals surface area contributed by atoms with E-state index in [2.05, 4.69) is 28.6 Å². The highest BCUT2D eigenvalue weighted by molar-refractivity contribution is 7.09. The van der Waals surface area contributed by atoms with Gasteiger partial charge in [-0.3, -0.25) is 4.79 Å². The van der Waals surface area contributed by atoms with Crippen LogP contribution in [-0.2, 0) is 20.7 Å². The molecule has 0 spiro atoms. The second-order valence-electron chi connectivity index (χ2n) is 4.85. The molecular formula is C14H22N2O3S. The van der Waals surface area contributed by atoms with E-state index < -0.39 is 12.0 Å². The number of carbonyl (C=O) groups is 2. The van der Waals surface area contributed by atoms with Gasteiger partial charge in [-0.05, 0) is 31.8 Å². The molecule has 0 aliphatic carbocycles. The van der Waals surface area contributed by atoms with Crippen molar-refractivity contribution < 1.29 is 14.3 Å². The average molecular weight is 298 g/mol. The second kappa shape index (κ2) is 8.01. The number of hydrogen-bond donors (Lipinski definition) is 1. The molecule has 0 aromatic carbocycles. The van der Waals surface area contributed by atoms with E-state index in [0.717, 1.165) is 6.42 Å². The van der Waals surface area contributed by atoms with Crippen LogP contribution in [0.1, 0.15) is 18.7 Å². The highest BCUT2D eigenvalue weighted by Gasteiger charge is 2.23. The Morgan fingerprint density at radius 2 is 2.20 bits per heavy atom. The lowest BCUT2D eigenvalue weighted by Crippen LogP contribution is -2.49. The van der Waals surface area contributed by atoms with Gasteiger partial charge in [0.1, 0.15) is 6.04 Å². The molecule has 0 bridgehead atoms. The minimum Gasteiger partial charge on any atom is -0.467 e. The number of amides is 1. The third-order valence-corrected chi connectivity index (χ3v) is 4.06. The number of ether oxygens (including phenoxy) is 1. The Hall–Kier alpha value is -1.40. The first-order chi connectivity index (χ1) is 9.43. The SMILES string of the molecule is COC(=O)C(CN(C)C(C)Cc1cccs1)NC(C)=O. The van der Waals surface area contributed by atoms with Crippen molar-refractivity contribution >= 4 is 23.2 Å². The Balaban J connectivity index is 2.57. The van der Waals surface area contributed by atoms with Gasteiger partial charge in [-0.2, -0.15) is 0 Å². The molecule has 20 heavy (non-hydrogen) atoms. The summed E-state index contributed by atoms with van der Waals surface area (Å²) in [5.41, 5.74) is 0. The van der Waals surface area contributed by atoms with E-state index in [1.54, 1.807) is 11.3 Å². The lowest BCUT2D eigenvalue weighted by molar-refractivity contribution is -0.145. The summed E-state index contributed by atoms with van der Waals surface area (Å²) >= 11 is 1.72. The van der Waals surface area contributed by atoms with Gasteiger partial charge in [0.2, 0.25) is 5.91 Å². The van der Waals surface area contributed by atoms with Crippen LogP contribution in [-0.4, -0.2) is 49.6 Å². The van der Waals surface area contributed by atoms with Gasteiger partial charge in [0, 0.05) is 24.4 Å². The second-order valence-corrected chi connectivity index (χ2v) is 5.88. The van der Waals surface area contributed by atoms with Crippen molar-refractivity contribution in [2.75, 3.05) is 20.7 Å². The zero-order valence-electron chi connectivity index (χ0n) is 12.4. The molecule has 112 valence electrons. The molecule has 2 atom stereocenters. The number of rotatable bonds is 7. The van der Waals surface area contributed by atoms with Crippen LogP contribution in [0.5, 0.6) is 0 Å². The first-order valence-electron chi connectivity index (χ1n) is 6.51. The Kier molecular flexibility index (Phi) is 6.67. The largest absolute Gasteiger partial charge is 0.467 e. The van der Waals surface area contributed by atoms with E-state index in [-0.39, 0.29) is 11.9 Å². The maximum Gasteiger partial charge on any atom is 0.329 e. The van der Waals surface area contributed by atoms with Crippen molar-refractivity contribution in [1.82, 2.24) is 10.2 Å². The van der Waals surface area contributed by atoms with Gasteiger partial charge in [0.25, 0.3) is 0 Å². The van der Waals surface area contributed by atoms with Crippen molar-refractivity contribution in [2.45, 2.75) is 32.4 Å². The number of esters is 1. The van der Waals surface area contributed by atoms with Crippen LogP contribution in [0.15, 0.2) is 17.5 Å². The summed E-state index contributed by atoms with van der Waals surface area (Å²) in [6.07, 6.45) is 0.919. The topological polar surface area (TPSA) is 58.6 Å². The summed E-state index contributed by atoms with van der Waals surface area (Å²) in [7, 11) is 3.27.